The van der Waals surface area contributed by atoms with Gasteiger partial charge in [0.15, 0.2) is 5.96 Å². The Labute approximate surface area is 130 Å². The molecular formula is C16H22N6. The first kappa shape index (κ1) is 14.6. The summed E-state index contributed by atoms with van der Waals surface area (Å²) in [5.74, 6) is 3.07. The highest BCUT2D eigenvalue weighted by Crippen LogP contribution is 2.24. The van der Waals surface area contributed by atoms with Gasteiger partial charge in [0.1, 0.15) is 11.6 Å². The summed E-state index contributed by atoms with van der Waals surface area (Å²) in [5, 5.41) is 3.19. The number of aryl methyl sites for hydroxylation is 1. The van der Waals surface area contributed by atoms with Crippen LogP contribution in [0.1, 0.15) is 30.7 Å². The third-order valence-corrected chi connectivity index (χ3v) is 4.11. The molecule has 0 radical (unpaired) electrons. The fourth-order valence-corrected chi connectivity index (χ4v) is 2.45. The van der Waals surface area contributed by atoms with Gasteiger partial charge in [0, 0.05) is 25.1 Å². The molecule has 2 aromatic heterocycles. The van der Waals surface area contributed by atoms with E-state index in [1.165, 1.54) is 19.3 Å². The summed E-state index contributed by atoms with van der Waals surface area (Å²) in [7, 11) is 0. The fourth-order valence-electron chi connectivity index (χ4n) is 2.45. The fraction of sp³-hybridized carbons (Fsp3) is 0.438. The van der Waals surface area contributed by atoms with Gasteiger partial charge in [0.05, 0.1) is 6.54 Å². The van der Waals surface area contributed by atoms with Crippen molar-refractivity contribution in [3.63, 3.8) is 0 Å². The van der Waals surface area contributed by atoms with Gasteiger partial charge < -0.3 is 11.1 Å². The highest BCUT2D eigenvalue weighted by molar-refractivity contribution is 5.77. The minimum absolute atomic E-state index is 0.515. The SMILES string of the molecule is Cc1nccn1-c1ccc(CN=C(N)NCC2CCC2)cn1. The van der Waals surface area contributed by atoms with Crippen LogP contribution in [0.5, 0.6) is 0 Å². The molecule has 0 spiro atoms. The van der Waals surface area contributed by atoms with E-state index in [1.54, 1.807) is 6.20 Å². The summed E-state index contributed by atoms with van der Waals surface area (Å²) in [6, 6.07) is 3.99. The topological polar surface area (TPSA) is 81.1 Å². The van der Waals surface area contributed by atoms with Crippen LogP contribution in [0.15, 0.2) is 35.7 Å². The minimum atomic E-state index is 0.515. The van der Waals surface area contributed by atoms with Crippen molar-refractivity contribution in [1.29, 1.82) is 0 Å². The number of nitrogens with zero attached hydrogens (tertiary/aromatic N) is 4. The predicted molar refractivity (Wildman–Crippen MR) is 86.8 cm³/mol. The van der Waals surface area contributed by atoms with Gasteiger partial charge in [0.25, 0.3) is 0 Å². The Balaban J connectivity index is 1.55. The summed E-state index contributed by atoms with van der Waals surface area (Å²) in [5.41, 5.74) is 6.92. The van der Waals surface area contributed by atoms with E-state index in [1.807, 2.05) is 36.0 Å². The smallest absolute Gasteiger partial charge is 0.188 e. The second-order valence-electron chi connectivity index (χ2n) is 5.75. The molecule has 1 saturated carbocycles. The zero-order valence-corrected chi connectivity index (χ0v) is 12.9. The number of rotatable bonds is 5. The first-order chi connectivity index (χ1) is 10.7. The standard InChI is InChI=1S/C16H22N6/c1-12-18-7-8-22(12)15-6-5-14(10-19-15)11-21-16(17)20-9-13-3-2-4-13/h5-8,10,13H,2-4,9,11H2,1H3,(H3,17,20,21). The number of pyridine rings is 1. The molecule has 6 nitrogen and oxygen atoms in total. The van der Waals surface area contributed by atoms with Gasteiger partial charge in [-0.15, -0.1) is 0 Å². The maximum atomic E-state index is 5.88. The van der Waals surface area contributed by atoms with Crippen molar-refractivity contribution in [3.05, 3.63) is 42.1 Å². The van der Waals surface area contributed by atoms with Gasteiger partial charge in [-0.1, -0.05) is 12.5 Å². The highest BCUT2D eigenvalue weighted by Gasteiger charge is 2.16. The normalized spacial score (nSPS) is 15.6. The molecule has 3 N–H and O–H groups in total. The largest absolute Gasteiger partial charge is 0.370 e. The van der Waals surface area contributed by atoms with Crippen LogP contribution in [-0.2, 0) is 6.54 Å². The van der Waals surface area contributed by atoms with Gasteiger partial charge >= 0.3 is 0 Å². The lowest BCUT2D eigenvalue weighted by Crippen LogP contribution is -2.37. The average molecular weight is 298 g/mol. The average Bonchev–Trinajstić information content (AvgIpc) is 2.90. The zero-order chi connectivity index (χ0) is 15.4. The third-order valence-electron chi connectivity index (χ3n) is 4.11. The Morgan fingerprint density at radius 3 is 2.86 bits per heavy atom. The van der Waals surface area contributed by atoms with Gasteiger partial charge in [-0.25, -0.2) is 15.0 Å². The number of hydrogen-bond acceptors (Lipinski definition) is 3. The van der Waals surface area contributed by atoms with E-state index >= 15 is 0 Å². The Hall–Kier alpha value is -2.37. The van der Waals surface area contributed by atoms with Crippen LogP contribution in [0, 0.1) is 12.8 Å². The van der Waals surface area contributed by atoms with Crippen LogP contribution in [0.3, 0.4) is 0 Å². The maximum Gasteiger partial charge on any atom is 0.188 e. The molecule has 0 amide bonds. The van der Waals surface area contributed by atoms with Crippen molar-refractivity contribution in [2.75, 3.05) is 6.54 Å². The second-order valence-corrected chi connectivity index (χ2v) is 5.75. The highest BCUT2D eigenvalue weighted by atomic mass is 15.1. The number of nitrogens with two attached hydrogens (primary N) is 1. The first-order valence-electron chi connectivity index (χ1n) is 7.71. The summed E-state index contributed by atoms with van der Waals surface area (Å²) < 4.78 is 1.95. The number of guanidine groups is 1. The molecule has 0 aliphatic heterocycles. The number of nitrogens with one attached hydrogen (secondary N) is 1. The molecule has 116 valence electrons. The van der Waals surface area contributed by atoms with Gasteiger partial charge in [0.2, 0.25) is 0 Å². The second kappa shape index (κ2) is 6.60. The third kappa shape index (κ3) is 3.44. The quantitative estimate of drug-likeness (QED) is 0.651. The molecule has 1 aliphatic rings. The van der Waals surface area contributed by atoms with Gasteiger partial charge in [-0.3, -0.25) is 4.57 Å². The summed E-state index contributed by atoms with van der Waals surface area (Å²) in [6.07, 6.45) is 9.45. The molecular weight excluding hydrogens is 276 g/mol. The lowest BCUT2D eigenvalue weighted by atomic mass is 9.85. The molecule has 0 aromatic carbocycles. The van der Waals surface area contributed by atoms with E-state index in [4.69, 9.17) is 5.73 Å². The van der Waals surface area contributed by atoms with Crippen LogP contribution in [0.25, 0.3) is 5.82 Å². The molecule has 0 saturated heterocycles. The van der Waals surface area contributed by atoms with Gasteiger partial charge in [-0.2, -0.15) is 0 Å². The van der Waals surface area contributed by atoms with E-state index in [0.717, 1.165) is 29.7 Å². The predicted octanol–water partition coefficient (Wildman–Crippen LogP) is 1.78. The molecule has 6 heteroatoms. The van der Waals surface area contributed by atoms with Gasteiger partial charge in [-0.05, 0) is 37.3 Å². The van der Waals surface area contributed by atoms with Crippen molar-refractivity contribution in [1.82, 2.24) is 19.9 Å². The number of aliphatic imine (C=N–C) groups is 1. The molecule has 1 fully saturated rings. The lowest BCUT2D eigenvalue weighted by molar-refractivity contribution is 0.315. The molecule has 0 atom stereocenters. The zero-order valence-electron chi connectivity index (χ0n) is 12.9. The number of aromatic nitrogens is 3. The monoisotopic (exact) mass is 298 g/mol. The van der Waals surface area contributed by atoms with E-state index in [2.05, 4.69) is 20.3 Å². The molecule has 2 heterocycles. The number of imidazole rings is 1. The van der Waals surface area contributed by atoms with Crippen LogP contribution in [0.2, 0.25) is 0 Å². The molecule has 1 aliphatic carbocycles. The Kier molecular flexibility index (Phi) is 4.37. The van der Waals surface area contributed by atoms with Crippen LogP contribution < -0.4 is 11.1 Å². The lowest BCUT2D eigenvalue weighted by Gasteiger charge is -2.25. The summed E-state index contributed by atoms with van der Waals surface area (Å²) in [6.45, 7) is 3.43. The minimum Gasteiger partial charge on any atom is -0.370 e. The van der Waals surface area contributed by atoms with E-state index in [-0.39, 0.29) is 0 Å². The number of hydrogen-bond donors (Lipinski definition) is 2. The Morgan fingerprint density at radius 1 is 1.41 bits per heavy atom. The maximum absolute atomic E-state index is 5.88. The van der Waals surface area contributed by atoms with Crippen LogP contribution in [-0.4, -0.2) is 27.0 Å². The molecule has 2 aromatic rings. The molecule has 3 rings (SSSR count). The van der Waals surface area contributed by atoms with E-state index in [9.17, 15) is 0 Å². The van der Waals surface area contributed by atoms with Crippen LogP contribution in [0.4, 0.5) is 0 Å². The molecule has 0 unspecified atom stereocenters. The first-order valence-corrected chi connectivity index (χ1v) is 7.71. The molecule has 22 heavy (non-hydrogen) atoms. The van der Waals surface area contributed by atoms with Crippen molar-refractivity contribution in [2.45, 2.75) is 32.7 Å². The van der Waals surface area contributed by atoms with E-state index < -0.39 is 0 Å². The molecule has 0 bridgehead atoms. The van der Waals surface area contributed by atoms with Crippen molar-refractivity contribution < 1.29 is 0 Å². The Bertz CT molecular complexity index is 639. The van der Waals surface area contributed by atoms with Crippen molar-refractivity contribution in [3.8, 4) is 5.82 Å². The Morgan fingerprint density at radius 2 is 2.27 bits per heavy atom. The summed E-state index contributed by atoms with van der Waals surface area (Å²) >= 11 is 0. The van der Waals surface area contributed by atoms with Crippen LogP contribution >= 0.6 is 0 Å². The summed E-state index contributed by atoms with van der Waals surface area (Å²) in [4.78, 5) is 13.0. The van der Waals surface area contributed by atoms with Crippen molar-refractivity contribution >= 4 is 5.96 Å². The van der Waals surface area contributed by atoms with Crippen molar-refractivity contribution in [2.24, 2.45) is 16.6 Å². The van der Waals surface area contributed by atoms with E-state index in [0.29, 0.717) is 12.5 Å².